The fourth-order valence-electron chi connectivity index (χ4n) is 1.85. The maximum Gasteiger partial charge on any atom is 0.171 e. The van der Waals surface area contributed by atoms with Crippen LogP contribution in [0.3, 0.4) is 0 Å². The van der Waals surface area contributed by atoms with Crippen LogP contribution < -0.4 is 4.74 Å². The SMILES string of the molecule is COc1cc(Cl)ccc1C(=O)Cc1cccc(Cl)c1F. The van der Waals surface area contributed by atoms with Crippen LogP contribution in [0.5, 0.6) is 5.75 Å². The largest absolute Gasteiger partial charge is 0.496 e. The smallest absolute Gasteiger partial charge is 0.171 e. The Kier molecular flexibility index (Phi) is 4.63. The molecule has 0 amide bonds. The van der Waals surface area contributed by atoms with Crippen molar-refractivity contribution >= 4 is 29.0 Å². The molecule has 2 aromatic carbocycles. The Bertz CT molecular complexity index is 656. The van der Waals surface area contributed by atoms with Crippen LogP contribution in [-0.2, 0) is 6.42 Å². The first kappa shape index (κ1) is 14.8. The molecule has 0 spiro atoms. The second-order valence-corrected chi connectivity index (χ2v) is 5.00. The molecule has 0 fully saturated rings. The number of carbonyl (C=O) groups excluding carboxylic acids is 1. The van der Waals surface area contributed by atoms with E-state index in [2.05, 4.69) is 0 Å². The van der Waals surface area contributed by atoms with Crippen LogP contribution in [0, 0.1) is 5.82 Å². The number of rotatable bonds is 4. The van der Waals surface area contributed by atoms with E-state index >= 15 is 0 Å². The summed E-state index contributed by atoms with van der Waals surface area (Å²) in [7, 11) is 1.45. The van der Waals surface area contributed by atoms with Crippen molar-refractivity contribution in [1.82, 2.24) is 0 Å². The number of Topliss-reactive ketones (excluding diaryl/α,β-unsaturated/α-hetero) is 1. The molecule has 5 heteroatoms. The first-order chi connectivity index (χ1) is 9.52. The third-order valence-corrected chi connectivity index (χ3v) is 3.37. The normalized spacial score (nSPS) is 10.4. The molecular formula is C15H11Cl2FO2. The minimum Gasteiger partial charge on any atom is -0.496 e. The third kappa shape index (κ3) is 3.11. The summed E-state index contributed by atoms with van der Waals surface area (Å²) in [5.41, 5.74) is 0.607. The maximum atomic E-state index is 13.8. The van der Waals surface area contributed by atoms with Gasteiger partial charge in [-0.15, -0.1) is 0 Å². The van der Waals surface area contributed by atoms with E-state index in [1.54, 1.807) is 24.3 Å². The number of carbonyl (C=O) groups is 1. The summed E-state index contributed by atoms with van der Waals surface area (Å²) in [6.07, 6.45) is -0.0929. The quantitative estimate of drug-likeness (QED) is 0.773. The Morgan fingerprint density at radius 3 is 2.70 bits per heavy atom. The molecule has 0 heterocycles. The number of methoxy groups -OCH3 is 1. The van der Waals surface area contributed by atoms with Crippen LogP contribution >= 0.6 is 23.2 Å². The lowest BCUT2D eigenvalue weighted by Crippen LogP contribution is -2.07. The van der Waals surface area contributed by atoms with Gasteiger partial charge < -0.3 is 4.74 Å². The molecule has 0 bridgehead atoms. The molecular weight excluding hydrogens is 302 g/mol. The van der Waals surface area contributed by atoms with Gasteiger partial charge in [-0.1, -0.05) is 35.3 Å². The highest BCUT2D eigenvalue weighted by atomic mass is 35.5. The Balaban J connectivity index is 2.31. The Morgan fingerprint density at radius 2 is 2.00 bits per heavy atom. The van der Waals surface area contributed by atoms with E-state index in [1.807, 2.05) is 0 Å². The van der Waals surface area contributed by atoms with Crippen LogP contribution in [0.25, 0.3) is 0 Å². The van der Waals surface area contributed by atoms with Crippen molar-refractivity contribution in [2.24, 2.45) is 0 Å². The van der Waals surface area contributed by atoms with E-state index in [4.69, 9.17) is 27.9 Å². The molecule has 2 nitrogen and oxygen atoms in total. The van der Waals surface area contributed by atoms with Gasteiger partial charge in [0.25, 0.3) is 0 Å². The molecule has 20 heavy (non-hydrogen) atoms. The van der Waals surface area contributed by atoms with Gasteiger partial charge in [0.05, 0.1) is 17.7 Å². The fraction of sp³-hybridized carbons (Fsp3) is 0.133. The number of hydrogen-bond donors (Lipinski definition) is 0. The Labute approximate surface area is 126 Å². The molecule has 0 saturated carbocycles. The highest BCUT2D eigenvalue weighted by Crippen LogP contribution is 2.26. The average Bonchev–Trinajstić information content (AvgIpc) is 2.43. The van der Waals surface area contributed by atoms with Crippen molar-refractivity contribution in [2.45, 2.75) is 6.42 Å². The van der Waals surface area contributed by atoms with Crippen LogP contribution in [0.2, 0.25) is 10.0 Å². The number of benzene rings is 2. The van der Waals surface area contributed by atoms with Gasteiger partial charge in [0.2, 0.25) is 0 Å². The van der Waals surface area contributed by atoms with E-state index in [1.165, 1.54) is 19.2 Å². The molecule has 0 unspecified atom stereocenters. The lowest BCUT2D eigenvalue weighted by Gasteiger charge is -2.09. The van der Waals surface area contributed by atoms with E-state index in [0.717, 1.165) is 0 Å². The average molecular weight is 313 g/mol. The zero-order valence-corrected chi connectivity index (χ0v) is 12.1. The highest BCUT2D eigenvalue weighted by molar-refractivity contribution is 6.31. The second kappa shape index (κ2) is 6.25. The minimum absolute atomic E-state index is 0.00151. The van der Waals surface area contributed by atoms with E-state index in [-0.39, 0.29) is 22.8 Å². The van der Waals surface area contributed by atoms with Crippen molar-refractivity contribution in [3.05, 3.63) is 63.4 Å². The zero-order chi connectivity index (χ0) is 14.7. The summed E-state index contributed by atoms with van der Waals surface area (Å²) in [5.74, 6) is -0.472. The van der Waals surface area contributed by atoms with Gasteiger partial charge in [-0.05, 0) is 29.8 Å². The van der Waals surface area contributed by atoms with Crippen molar-refractivity contribution in [2.75, 3.05) is 7.11 Å². The van der Waals surface area contributed by atoms with Gasteiger partial charge in [-0.25, -0.2) is 4.39 Å². The minimum atomic E-state index is -0.574. The number of hydrogen-bond acceptors (Lipinski definition) is 2. The number of ether oxygens (including phenoxy) is 1. The molecule has 0 aliphatic rings. The summed E-state index contributed by atoms with van der Waals surface area (Å²) in [6, 6.07) is 9.27. The summed E-state index contributed by atoms with van der Waals surface area (Å²) >= 11 is 11.5. The van der Waals surface area contributed by atoms with Gasteiger partial charge in [0.1, 0.15) is 11.6 Å². The maximum absolute atomic E-state index is 13.8. The molecule has 0 N–H and O–H groups in total. The molecule has 2 rings (SSSR count). The predicted molar refractivity (Wildman–Crippen MR) is 77.4 cm³/mol. The van der Waals surface area contributed by atoms with Crippen molar-refractivity contribution < 1.29 is 13.9 Å². The molecule has 2 aromatic rings. The Hall–Kier alpha value is -1.58. The van der Waals surface area contributed by atoms with E-state index < -0.39 is 5.82 Å². The second-order valence-electron chi connectivity index (χ2n) is 4.16. The Morgan fingerprint density at radius 1 is 1.25 bits per heavy atom. The van der Waals surface area contributed by atoms with Gasteiger partial charge >= 0.3 is 0 Å². The summed E-state index contributed by atoms with van der Waals surface area (Å²) in [4.78, 5) is 12.2. The molecule has 0 aromatic heterocycles. The fourth-order valence-corrected chi connectivity index (χ4v) is 2.20. The molecule has 0 aliphatic heterocycles. The van der Waals surface area contributed by atoms with E-state index in [9.17, 15) is 9.18 Å². The van der Waals surface area contributed by atoms with Gasteiger partial charge in [-0.3, -0.25) is 4.79 Å². The first-order valence-corrected chi connectivity index (χ1v) is 6.58. The summed E-state index contributed by atoms with van der Waals surface area (Å²) in [6.45, 7) is 0. The standard InChI is InChI=1S/C15H11Cl2FO2/c1-20-14-8-10(16)5-6-11(14)13(19)7-9-3-2-4-12(17)15(9)18/h2-6,8H,7H2,1H3. The van der Waals surface area contributed by atoms with Crippen molar-refractivity contribution in [3.8, 4) is 5.75 Å². The van der Waals surface area contributed by atoms with Crippen molar-refractivity contribution in [3.63, 3.8) is 0 Å². The summed E-state index contributed by atoms with van der Waals surface area (Å²) in [5, 5.41) is 0.464. The monoisotopic (exact) mass is 312 g/mol. The van der Waals surface area contributed by atoms with Crippen LogP contribution in [0.1, 0.15) is 15.9 Å². The molecule has 0 radical (unpaired) electrons. The first-order valence-electron chi connectivity index (χ1n) is 5.82. The topological polar surface area (TPSA) is 26.3 Å². The number of ketones is 1. The molecule has 0 aliphatic carbocycles. The van der Waals surface area contributed by atoms with Gasteiger partial charge in [-0.2, -0.15) is 0 Å². The van der Waals surface area contributed by atoms with Gasteiger partial charge in [0.15, 0.2) is 5.78 Å². The summed E-state index contributed by atoms with van der Waals surface area (Å²) < 4.78 is 18.9. The molecule has 0 saturated heterocycles. The number of halogens is 3. The zero-order valence-electron chi connectivity index (χ0n) is 10.6. The van der Waals surface area contributed by atoms with Crippen molar-refractivity contribution in [1.29, 1.82) is 0 Å². The lowest BCUT2D eigenvalue weighted by atomic mass is 10.0. The van der Waals surface area contributed by atoms with E-state index in [0.29, 0.717) is 16.3 Å². The third-order valence-electron chi connectivity index (χ3n) is 2.85. The highest BCUT2D eigenvalue weighted by Gasteiger charge is 2.16. The predicted octanol–water partition coefficient (Wildman–Crippen LogP) is 4.57. The molecule has 104 valence electrons. The van der Waals surface area contributed by atoms with Crippen LogP contribution in [0.15, 0.2) is 36.4 Å². The lowest BCUT2D eigenvalue weighted by molar-refractivity contribution is 0.0989. The molecule has 0 atom stereocenters. The van der Waals surface area contributed by atoms with Crippen LogP contribution in [0.4, 0.5) is 4.39 Å². The van der Waals surface area contributed by atoms with Gasteiger partial charge in [0, 0.05) is 11.4 Å². The van der Waals surface area contributed by atoms with Crippen LogP contribution in [-0.4, -0.2) is 12.9 Å².